The van der Waals surface area contributed by atoms with Gasteiger partial charge in [-0.15, -0.1) is 0 Å². The molecule has 124 valence electrons. The zero-order valence-electron chi connectivity index (χ0n) is 12.6. The fraction of sp³-hybridized carbons (Fsp3) is 0.769. The number of hydrogen-bond acceptors (Lipinski definition) is 5. The third kappa shape index (κ3) is 3.23. The molecule has 0 saturated carbocycles. The van der Waals surface area contributed by atoms with Crippen molar-refractivity contribution in [1.82, 2.24) is 9.80 Å². The lowest BCUT2D eigenvalue weighted by molar-refractivity contribution is -0.149. The molecule has 0 bridgehead atoms. The number of likely N-dealkylation sites (N-methyl/N-ethyl adjacent to an activating group) is 1. The molecule has 0 radical (unpaired) electrons. The maximum absolute atomic E-state index is 12.3. The molecule has 2 saturated heterocycles. The molecular weight excluding hydrogens is 312 g/mol. The van der Waals surface area contributed by atoms with E-state index in [1.165, 1.54) is 18.9 Å². The van der Waals surface area contributed by atoms with Gasteiger partial charge in [0.05, 0.1) is 17.4 Å². The van der Waals surface area contributed by atoms with Crippen molar-refractivity contribution >= 4 is 27.6 Å². The molecule has 2 rings (SSSR count). The van der Waals surface area contributed by atoms with Crippen molar-refractivity contribution < 1.29 is 27.9 Å². The highest BCUT2D eigenvalue weighted by Crippen LogP contribution is 2.27. The maximum atomic E-state index is 12.3. The van der Waals surface area contributed by atoms with Crippen LogP contribution in [0, 0.1) is 5.92 Å². The van der Waals surface area contributed by atoms with E-state index in [0.29, 0.717) is 6.42 Å². The van der Waals surface area contributed by atoms with Gasteiger partial charge in [0.2, 0.25) is 11.8 Å². The molecule has 9 heteroatoms. The first-order valence-corrected chi connectivity index (χ1v) is 8.94. The van der Waals surface area contributed by atoms with E-state index >= 15 is 0 Å². The molecule has 0 aromatic heterocycles. The summed E-state index contributed by atoms with van der Waals surface area (Å²) in [5, 5.41) is 8.94. The predicted molar refractivity (Wildman–Crippen MR) is 76.7 cm³/mol. The van der Waals surface area contributed by atoms with Crippen molar-refractivity contribution in [2.45, 2.75) is 31.8 Å². The number of carboxylic acids is 1. The second kappa shape index (κ2) is 5.86. The molecule has 1 N–H and O–H groups in total. The molecule has 0 spiro atoms. The largest absolute Gasteiger partial charge is 0.480 e. The Hall–Kier alpha value is -1.64. The number of rotatable bonds is 4. The summed E-state index contributed by atoms with van der Waals surface area (Å²) in [5.41, 5.74) is 0. The highest BCUT2D eigenvalue weighted by molar-refractivity contribution is 7.91. The Bertz CT molecular complexity index is 602. The minimum atomic E-state index is -3.10. The Morgan fingerprint density at radius 1 is 1.41 bits per heavy atom. The lowest BCUT2D eigenvalue weighted by atomic mass is 10.1. The molecule has 0 aromatic carbocycles. The van der Waals surface area contributed by atoms with Crippen molar-refractivity contribution in [3.05, 3.63) is 0 Å². The molecule has 3 atom stereocenters. The Labute approximate surface area is 129 Å². The monoisotopic (exact) mass is 332 g/mol. The van der Waals surface area contributed by atoms with Crippen LogP contribution < -0.4 is 0 Å². The number of nitrogens with zero attached hydrogens (tertiary/aromatic N) is 2. The molecule has 0 aliphatic carbocycles. The first kappa shape index (κ1) is 16.7. The number of sulfone groups is 1. The summed E-state index contributed by atoms with van der Waals surface area (Å²) in [4.78, 5) is 37.9. The first-order chi connectivity index (χ1) is 10.1. The molecule has 2 amide bonds. The molecule has 8 nitrogen and oxygen atoms in total. The van der Waals surface area contributed by atoms with Crippen molar-refractivity contribution in [2.24, 2.45) is 5.92 Å². The van der Waals surface area contributed by atoms with Crippen molar-refractivity contribution in [3.8, 4) is 0 Å². The summed E-state index contributed by atoms with van der Waals surface area (Å²) < 4.78 is 23.0. The Morgan fingerprint density at radius 2 is 2.05 bits per heavy atom. The number of aliphatic carboxylic acids is 1. The van der Waals surface area contributed by atoms with Crippen LogP contribution in [0.1, 0.15) is 19.8 Å². The molecule has 3 unspecified atom stereocenters. The van der Waals surface area contributed by atoms with Crippen molar-refractivity contribution in [2.75, 3.05) is 25.1 Å². The van der Waals surface area contributed by atoms with Gasteiger partial charge in [0.25, 0.3) is 0 Å². The van der Waals surface area contributed by atoms with Gasteiger partial charge < -0.3 is 14.9 Å². The van der Waals surface area contributed by atoms with E-state index in [1.54, 1.807) is 0 Å². The summed E-state index contributed by atoms with van der Waals surface area (Å²) in [6.07, 6.45) is 0.405. The average Bonchev–Trinajstić information content (AvgIpc) is 2.98. The normalized spacial score (nSPS) is 28.6. The van der Waals surface area contributed by atoms with Gasteiger partial charge in [-0.25, -0.2) is 13.2 Å². The standard InChI is InChI=1S/C13H20N2O6S/c1-8(13(18)19)14(2)12(17)9-5-11(16)15(6-9)10-3-4-22(20,21)7-10/h8-10H,3-7H2,1-2H3,(H,18,19). The van der Waals surface area contributed by atoms with Crippen LogP contribution in [0.2, 0.25) is 0 Å². The lowest BCUT2D eigenvalue weighted by Gasteiger charge is -2.26. The minimum Gasteiger partial charge on any atom is -0.480 e. The van der Waals surface area contributed by atoms with E-state index in [2.05, 4.69) is 0 Å². The fourth-order valence-corrected chi connectivity index (χ4v) is 4.65. The quantitative estimate of drug-likeness (QED) is 0.703. The first-order valence-electron chi connectivity index (χ1n) is 7.11. The van der Waals surface area contributed by atoms with Crippen LogP contribution in [0.25, 0.3) is 0 Å². The summed E-state index contributed by atoms with van der Waals surface area (Å²) in [5.74, 6) is -2.35. The van der Waals surface area contributed by atoms with E-state index in [-0.39, 0.29) is 36.4 Å². The van der Waals surface area contributed by atoms with E-state index in [4.69, 9.17) is 5.11 Å². The van der Waals surface area contributed by atoms with Crippen LogP contribution in [-0.2, 0) is 24.2 Å². The van der Waals surface area contributed by atoms with Crippen LogP contribution in [0.4, 0.5) is 0 Å². The van der Waals surface area contributed by atoms with Crippen LogP contribution in [0.3, 0.4) is 0 Å². The van der Waals surface area contributed by atoms with Crippen LogP contribution in [-0.4, -0.2) is 78.3 Å². The lowest BCUT2D eigenvalue weighted by Crippen LogP contribution is -2.44. The highest BCUT2D eigenvalue weighted by atomic mass is 32.2. The SMILES string of the molecule is CC(C(=O)O)N(C)C(=O)C1CC(=O)N(C2CCS(=O)(=O)C2)C1. The molecule has 22 heavy (non-hydrogen) atoms. The summed E-state index contributed by atoms with van der Waals surface area (Å²) >= 11 is 0. The zero-order chi connectivity index (χ0) is 16.7. The van der Waals surface area contributed by atoms with Gasteiger partial charge in [0.15, 0.2) is 9.84 Å². The molecule has 2 aliphatic heterocycles. The molecular formula is C13H20N2O6S. The predicted octanol–water partition coefficient (Wildman–Crippen LogP) is -1.05. The third-order valence-electron chi connectivity index (χ3n) is 4.44. The Balaban J connectivity index is 2.03. The number of amides is 2. The van der Waals surface area contributed by atoms with Crippen molar-refractivity contribution in [3.63, 3.8) is 0 Å². The van der Waals surface area contributed by atoms with Gasteiger partial charge in [0.1, 0.15) is 6.04 Å². The van der Waals surface area contributed by atoms with Gasteiger partial charge in [0, 0.05) is 26.1 Å². The smallest absolute Gasteiger partial charge is 0.326 e. The van der Waals surface area contributed by atoms with Crippen molar-refractivity contribution in [1.29, 1.82) is 0 Å². The molecule has 2 heterocycles. The van der Waals surface area contributed by atoms with Gasteiger partial charge in [-0.3, -0.25) is 9.59 Å². The van der Waals surface area contributed by atoms with E-state index in [1.807, 2.05) is 0 Å². The summed E-state index contributed by atoms with van der Waals surface area (Å²) in [7, 11) is -1.70. The average molecular weight is 332 g/mol. The third-order valence-corrected chi connectivity index (χ3v) is 6.19. The topological polar surface area (TPSA) is 112 Å². The van der Waals surface area contributed by atoms with Gasteiger partial charge in [-0.05, 0) is 13.3 Å². The summed E-state index contributed by atoms with van der Waals surface area (Å²) in [6.45, 7) is 1.56. The van der Waals surface area contributed by atoms with Gasteiger partial charge >= 0.3 is 5.97 Å². The van der Waals surface area contributed by atoms with Crippen LogP contribution >= 0.6 is 0 Å². The maximum Gasteiger partial charge on any atom is 0.326 e. The second-order valence-electron chi connectivity index (χ2n) is 5.97. The molecule has 2 aliphatic rings. The second-order valence-corrected chi connectivity index (χ2v) is 8.20. The van der Waals surface area contributed by atoms with E-state index in [9.17, 15) is 22.8 Å². The highest BCUT2D eigenvalue weighted by Gasteiger charge is 2.43. The van der Waals surface area contributed by atoms with Crippen LogP contribution in [0.5, 0.6) is 0 Å². The number of hydrogen-bond donors (Lipinski definition) is 1. The Morgan fingerprint density at radius 3 is 2.55 bits per heavy atom. The molecule has 2 fully saturated rings. The van der Waals surface area contributed by atoms with E-state index in [0.717, 1.165) is 4.90 Å². The Kier molecular flexibility index (Phi) is 4.46. The van der Waals surface area contributed by atoms with E-state index < -0.39 is 33.7 Å². The van der Waals surface area contributed by atoms with Gasteiger partial charge in [-0.1, -0.05) is 0 Å². The fourth-order valence-electron chi connectivity index (χ4n) is 2.92. The minimum absolute atomic E-state index is 0.00601. The number of likely N-dealkylation sites (tertiary alicyclic amines) is 1. The van der Waals surface area contributed by atoms with Crippen LogP contribution in [0.15, 0.2) is 0 Å². The number of carboxylic acid groups (broad SMARTS) is 1. The zero-order valence-corrected chi connectivity index (χ0v) is 13.4. The molecule has 0 aromatic rings. The number of carbonyl (C=O) groups excluding carboxylic acids is 2. The van der Waals surface area contributed by atoms with Gasteiger partial charge in [-0.2, -0.15) is 0 Å². The number of carbonyl (C=O) groups is 3. The summed E-state index contributed by atoms with van der Waals surface area (Å²) in [6, 6.07) is -1.33.